The number of aromatic nitrogens is 1. The molecule has 0 spiro atoms. The van der Waals surface area contributed by atoms with Gasteiger partial charge < -0.3 is 0 Å². The number of hydrogen-bond donors (Lipinski definition) is 1. The maximum absolute atomic E-state index is 12.5. The molecule has 1 aromatic carbocycles. The standard InChI is InChI=1S/C12H11F3N2O2S2/c1-21(18,19)16-6-8-3-2-4-9(5-8)10-7-20-11(17-10)12(13,14)15/h2-5,7,16H,6H2,1H3. The Labute approximate surface area is 123 Å². The van der Waals surface area contributed by atoms with Crippen LogP contribution in [0.15, 0.2) is 29.6 Å². The Morgan fingerprint density at radius 3 is 2.62 bits per heavy atom. The fourth-order valence-corrected chi connectivity index (χ4v) is 2.72. The average Bonchev–Trinajstić information content (AvgIpc) is 2.85. The van der Waals surface area contributed by atoms with Crippen LogP contribution in [0.2, 0.25) is 0 Å². The van der Waals surface area contributed by atoms with Gasteiger partial charge in [-0.15, -0.1) is 11.3 Å². The van der Waals surface area contributed by atoms with Crippen molar-refractivity contribution in [3.63, 3.8) is 0 Å². The molecule has 2 rings (SSSR count). The smallest absolute Gasteiger partial charge is 0.232 e. The molecule has 21 heavy (non-hydrogen) atoms. The van der Waals surface area contributed by atoms with E-state index in [1.165, 1.54) is 5.38 Å². The summed E-state index contributed by atoms with van der Waals surface area (Å²) in [7, 11) is -3.33. The number of rotatable bonds is 4. The first-order valence-electron chi connectivity index (χ1n) is 5.72. The highest BCUT2D eigenvalue weighted by molar-refractivity contribution is 7.88. The van der Waals surface area contributed by atoms with Crippen molar-refractivity contribution in [2.45, 2.75) is 12.7 Å². The lowest BCUT2D eigenvalue weighted by Gasteiger charge is -2.04. The monoisotopic (exact) mass is 336 g/mol. The van der Waals surface area contributed by atoms with Crippen LogP contribution in [-0.4, -0.2) is 19.7 Å². The first-order chi connectivity index (χ1) is 9.65. The van der Waals surface area contributed by atoms with Crippen molar-refractivity contribution in [3.05, 3.63) is 40.2 Å². The van der Waals surface area contributed by atoms with Crippen LogP contribution in [0.4, 0.5) is 13.2 Å². The maximum atomic E-state index is 12.5. The molecule has 1 heterocycles. The largest absolute Gasteiger partial charge is 0.443 e. The van der Waals surface area contributed by atoms with Gasteiger partial charge in [0, 0.05) is 17.5 Å². The second-order valence-electron chi connectivity index (χ2n) is 4.33. The summed E-state index contributed by atoms with van der Waals surface area (Å²) in [6.45, 7) is 0.0724. The number of hydrogen-bond acceptors (Lipinski definition) is 4. The Kier molecular flexibility index (Phi) is 4.35. The summed E-state index contributed by atoms with van der Waals surface area (Å²) in [6.07, 6.45) is -3.43. The van der Waals surface area contributed by atoms with Gasteiger partial charge in [-0.2, -0.15) is 13.2 Å². The van der Waals surface area contributed by atoms with Gasteiger partial charge in [0.25, 0.3) is 0 Å². The highest BCUT2D eigenvalue weighted by Crippen LogP contribution is 2.34. The first kappa shape index (κ1) is 15.9. The van der Waals surface area contributed by atoms with Gasteiger partial charge in [-0.05, 0) is 11.6 Å². The molecule has 4 nitrogen and oxygen atoms in total. The van der Waals surface area contributed by atoms with E-state index in [1.54, 1.807) is 24.3 Å². The highest BCUT2D eigenvalue weighted by Gasteiger charge is 2.34. The quantitative estimate of drug-likeness (QED) is 0.934. The van der Waals surface area contributed by atoms with Crippen molar-refractivity contribution in [2.24, 2.45) is 0 Å². The minimum absolute atomic E-state index is 0.0724. The summed E-state index contributed by atoms with van der Waals surface area (Å²) in [5, 5.41) is 0.420. The first-order valence-corrected chi connectivity index (χ1v) is 8.49. The lowest BCUT2D eigenvalue weighted by molar-refractivity contribution is -0.137. The van der Waals surface area contributed by atoms with Crippen molar-refractivity contribution in [1.29, 1.82) is 0 Å². The van der Waals surface area contributed by atoms with Gasteiger partial charge in [0.2, 0.25) is 10.0 Å². The van der Waals surface area contributed by atoms with Crippen molar-refractivity contribution in [2.75, 3.05) is 6.26 Å². The SMILES string of the molecule is CS(=O)(=O)NCc1cccc(-c2csc(C(F)(F)F)n2)c1. The molecule has 0 fully saturated rings. The van der Waals surface area contributed by atoms with Crippen molar-refractivity contribution >= 4 is 21.4 Å². The van der Waals surface area contributed by atoms with Crippen molar-refractivity contribution < 1.29 is 21.6 Å². The van der Waals surface area contributed by atoms with E-state index in [1.807, 2.05) is 0 Å². The van der Waals surface area contributed by atoms with Crippen LogP contribution >= 0.6 is 11.3 Å². The Bertz CT molecular complexity index is 739. The van der Waals surface area contributed by atoms with Crippen LogP contribution in [-0.2, 0) is 22.7 Å². The van der Waals surface area contributed by atoms with Crippen LogP contribution < -0.4 is 4.72 Å². The normalized spacial score (nSPS) is 12.6. The molecule has 0 atom stereocenters. The molecular weight excluding hydrogens is 325 g/mol. The maximum Gasteiger partial charge on any atom is 0.443 e. The van der Waals surface area contributed by atoms with Gasteiger partial charge in [-0.25, -0.2) is 18.1 Å². The molecule has 0 radical (unpaired) electrons. The zero-order chi connectivity index (χ0) is 15.7. The Morgan fingerprint density at radius 2 is 2.05 bits per heavy atom. The second-order valence-corrected chi connectivity index (χ2v) is 7.02. The summed E-state index contributed by atoms with van der Waals surface area (Å²) in [4.78, 5) is 3.56. The molecule has 0 saturated carbocycles. The average molecular weight is 336 g/mol. The van der Waals surface area contributed by atoms with Crippen LogP contribution in [0.1, 0.15) is 10.6 Å². The zero-order valence-electron chi connectivity index (χ0n) is 10.8. The third-order valence-electron chi connectivity index (χ3n) is 2.51. The summed E-state index contributed by atoms with van der Waals surface area (Å²) >= 11 is 0.527. The van der Waals surface area contributed by atoms with Crippen LogP contribution in [0, 0.1) is 0 Å². The number of halogens is 3. The van der Waals surface area contributed by atoms with E-state index in [2.05, 4.69) is 9.71 Å². The fourth-order valence-electron chi connectivity index (χ4n) is 1.59. The minimum atomic E-state index is -4.46. The van der Waals surface area contributed by atoms with Crippen LogP contribution in [0.25, 0.3) is 11.3 Å². The molecule has 0 saturated heterocycles. The lowest BCUT2D eigenvalue weighted by Crippen LogP contribution is -2.21. The van der Waals surface area contributed by atoms with E-state index in [0.29, 0.717) is 22.5 Å². The molecule has 9 heteroatoms. The van der Waals surface area contributed by atoms with Gasteiger partial charge in [0.15, 0.2) is 5.01 Å². The zero-order valence-corrected chi connectivity index (χ0v) is 12.4. The van der Waals surface area contributed by atoms with E-state index in [0.717, 1.165) is 6.26 Å². The van der Waals surface area contributed by atoms with E-state index in [-0.39, 0.29) is 12.2 Å². The topological polar surface area (TPSA) is 59.1 Å². The molecule has 2 aromatic rings. The molecule has 1 aromatic heterocycles. The van der Waals surface area contributed by atoms with Gasteiger partial charge >= 0.3 is 6.18 Å². The Hall–Kier alpha value is -1.45. The van der Waals surface area contributed by atoms with Crippen LogP contribution in [0.5, 0.6) is 0 Å². The van der Waals surface area contributed by atoms with Gasteiger partial charge in [0.05, 0.1) is 11.9 Å². The number of alkyl halides is 3. The number of nitrogens with zero attached hydrogens (tertiary/aromatic N) is 1. The number of sulfonamides is 1. The van der Waals surface area contributed by atoms with Gasteiger partial charge in [-0.1, -0.05) is 18.2 Å². The fraction of sp³-hybridized carbons (Fsp3) is 0.250. The summed E-state index contributed by atoms with van der Waals surface area (Å²) in [5.41, 5.74) is 1.36. The van der Waals surface area contributed by atoms with Gasteiger partial charge in [-0.3, -0.25) is 0 Å². The molecule has 0 unspecified atom stereocenters. The van der Waals surface area contributed by atoms with E-state index >= 15 is 0 Å². The molecular formula is C12H11F3N2O2S2. The molecule has 0 aliphatic carbocycles. The molecule has 0 aliphatic rings. The number of thiazole rings is 1. The van der Waals surface area contributed by atoms with Crippen molar-refractivity contribution in [3.8, 4) is 11.3 Å². The number of nitrogens with one attached hydrogen (secondary N) is 1. The van der Waals surface area contributed by atoms with Crippen LogP contribution in [0.3, 0.4) is 0 Å². The van der Waals surface area contributed by atoms with E-state index in [9.17, 15) is 21.6 Å². The summed E-state index contributed by atoms with van der Waals surface area (Å²) in [6, 6.07) is 6.55. The molecule has 0 amide bonds. The van der Waals surface area contributed by atoms with Gasteiger partial charge in [0.1, 0.15) is 0 Å². The predicted molar refractivity (Wildman–Crippen MR) is 74.2 cm³/mol. The summed E-state index contributed by atoms with van der Waals surface area (Å²) in [5.74, 6) is 0. The van der Waals surface area contributed by atoms with E-state index in [4.69, 9.17) is 0 Å². The third kappa shape index (κ3) is 4.51. The number of benzene rings is 1. The minimum Gasteiger partial charge on any atom is -0.232 e. The summed E-state index contributed by atoms with van der Waals surface area (Å²) < 4.78 is 61.9. The highest BCUT2D eigenvalue weighted by atomic mass is 32.2. The molecule has 0 bridgehead atoms. The lowest BCUT2D eigenvalue weighted by atomic mass is 10.1. The van der Waals surface area contributed by atoms with Crippen molar-refractivity contribution in [1.82, 2.24) is 9.71 Å². The molecule has 0 aliphatic heterocycles. The van der Waals surface area contributed by atoms with E-state index < -0.39 is 21.2 Å². The second kappa shape index (κ2) is 5.74. The Balaban J connectivity index is 2.23. The predicted octanol–water partition coefficient (Wildman–Crippen LogP) is 2.88. The molecule has 114 valence electrons. The Morgan fingerprint density at radius 1 is 1.33 bits per heavy atom. The molecule has 1 N–H and O–H groups in total. The third-order valence-corrected chi connectivity index (χ3v) is 4.06.